The summed E-state index contributed by atoms with van der Waals surface area (Å²) in [6.07, 6.45) is 4.25. The van der Waals surface area contributed by atoms with E-state index >= 15 is 0 Å². The monoisotopic (exact) mass is 380 g/mol. The van der Waals surface area contributed by atoms with Crippen LogP contribution in [0.2, 0.25) is 0 Å². The molecule has 146 valence electrons. The van der Waals surface area contributed by atoms with E-state index in [0.29, 0.717) is 24.7 Å². The van der Waals surface area contributed by atoms with Crippen molar-refractivity contribution in [2.24, 2.45) is 0 Å². The third-order valence-electron chi connectivity index (χ3n) is 5.07. The van der Waals surface area contributed by atoms with E-state index in [2.05, 4.69) is 10.4 Å². The first kappa shape index (κ1) is 18.3. The normalized spacial score (nSPS) is 14.8. The first-order chi connectivity index (χ1) is 13.7. The Morgan fingerprint density at radius 1 is 1.25 bits per heavy atom. The molecule has 1 N–H and O–H groups in total. The van der Waals surface area contributed by atoms with Crippen LogP contribution in [-0.4, -0.2) is 26.8 Å². The van der Waals surface area contributed by atoms with Gasteiger partial charge >= 0.3 is 5.69 Å². The number of carbonyl (C=O) groups is 1. The number of benzene rings is 1. The van der Waals surface area contributed by atoms with Gasteiger partial charge in [-0.1, -0.05) is 37.3 Å². The summed E-state index contributed by atoms with van der Waals surface area (Å²) in [6.45, 7) is 2.67. The maximum Gasteiger partial charge on any atom is 0.346 e. The van der Waals surface area contributed by atoms with Crippen LogP contribution in [0.4, 0.5) is 0 Å². The Morgan fingerprint density at radius 2 is 2.04 bits per heavy atom. The van der Waals surface area contributed by atoms with E-state index < -0.39 is 0 Å². The van der Waals surface area contributed by atoms with Crippen LogP contribution in [0.1, 0.15) is 43.7 Å². The molecular formula is C21H24N4O3. The molecule has 7 nitrogen and oxygen atoms in total. The van der Waals surface area contributed by atoms with Crippen LogP contribution in [0.5, 0.6) is 0 Å². The van der Waals surface area contributed by atoms with Crippen LogP contribution < -0.4 is 11.0 Å². The summed E-state index contributed by atoms with van der Waals surface area (Å²) in [4.78, 5) is 25.4. The first-order valence-corrected chi connectivity index (χ1v) is 9.75. The molecule has 1 aliphatic carbocycles. The Bertz CT molecular complexity index is 985. The van der Waals surface area contributed by atoms with Crippen molar-refractivity contribution < 1.29 is 9.21 Å². The zero-order chi connectivity index (χ0) is 19.5. The molecule has 2 aromatic heterocycles. The molecule has 0 radical (unpaired) electrons. The Hall–Kier alpha value is -3.09. The van der Waals surface area contributed by atoms with Crippen molar-refractivity contribution in [3.63, 3.8) is 0 Å². The highest BCUT2D eigenvalue weighted by molar-refractivity contribution is 5.83. The number of hydrogen-bond donors (Lipinski definition) is 1. The van der Waals surface area contributed by atoms with Gasteiger partial charge in [0.15, 0.2) is 5.76 Å². The van der Waals surface area contributed by atoms with Gasteiger partial charge in [-0.25, -0.2) is 9.48 Å². The highest BCUT2D eigenvalue weighted by Gasteiger charge is 2.31. The van der Waals surface area contributed by atoms with Crippen molar-refractivity contribution in [3.05, 3.63) is 64.8 Å². The summed E-state index contributed by atoms with van der Waals surface area (Å²) in [5.41, 5.74) is 0.844. The SMILES string of the molecule is CCC(C(=O)NCCn1nc(-c2ccco2)n(C2CC2)c1=O)c1ccccc1. The molecule has 1 saturated carbocycles. The molecule has 1 amide bonds. The highest BCUT2D eigenvalue weighted by atomic mass is 16.3. The third-order valence-corrected chi connectivity index (χ3v) is 5.07. The van der Waals surface area contributed by atoms with Crippen LogP contribution in [0.3, 0.4) is 0 Å². The van der Waals surface area contributed by atoms with Gasteiger partial charge in [-0.15, -0.1) is 5.10 Å². The van der Waals surface area contributed by atoms with Gasteiger partial charge in [0.1, 0.15) is 0 Å². The molecule has 1 aromatic carbocycles. The molecule has 0 aliphatic heterocycles. The second-order valence-electron chi connectivity index (χ2n) is 7.07. The van der Waals surface area contributed by atoms with Crippen LogP contribution in [0, 0.1) is 0 Å². The molecule has 4 rings (SSSR count). The molecule has 0 spiro atoms. The van der Waals surface area contributed by atoms with Crippen molar-refractivity contribution in [1.29, 1.82) is 0 Å². The second-order valence-corrected chi connectivity index (χ2v) is 7.07. The highest BCUT2D eigenvalue weighted by Crippen LogP contribution is 2.36. The van der Waals surface area contributed by atoms with Gasteiger partial charge in [0.25, 0.3) is 0 Å². The van der Waals surface area contributed by atoms with Crippen LogP contribution in [-0.2, 0) is 11.3 Å². The van der Waals surface area contributed by atoms with E-state index in [4.69, 9.17) is 4.42 Å². The zero-order valence-electron chi connectivity index (χ0n) is 15.9. The lowest BCUT2D eigenvalue weighted by molar-refractivity contribution is -0.122. The van der Waals surface area contributed by atoms with E-state index in [1.165, 1.54) is 4.68 Å². The van der Waals surface area contributed by atoms with Gasteiger partial charge in [0.2, 0.25) is 11.7 Å². The van der Waals surface area contributed by atoms with Gasteiger partial charge < -0.3 is 9.73 Å². The fourth-order valence-electron chi connectivity index (χ4n) is 3.47. The lowest BCUT2D eigenvalue weighted by Crippen LogP contribution is -2.34. The van der Waals surface area contributed by atoms with Crippen molar-refractivity contribution in [3.8, 4) is 11.6 Å². The van der Waals surface area contributed by atoms with Crippen molar-refractivity contribution in [2.75, 3.05) is 6.54 Å². The predicted octanol–water partition coefficient (Wildman–Crippen LogP) is 2.95. The average Bonchev–Trinajstić information content (AvgIpc) is 3.28. The van der Waals surface area contributed by atoms with E-state index in [1.54, 1.807) is 23.0 Å². The summed E-state index contributed by atoms with van der Waals surface area (Å²) < 4.78 is 8.56. The molecule has 1 aliphatic rings. The summed E-state index contributed by atoms with van der Waals surface area (Å²) in [6, 6.07) is 13.5. The Labute approximate surface area is 163 Å². The molecule has 1 unspecified atom stereocenters. The average molecular weight is 380 g/mol. The van der Waals surface area contributed by atoms with Crippen LogP contribution >= 0.6 is 0 Å². The maximum atomic E-state index is 12.8. The fourth-order valence-corrected chi connectivity index (χ4v) is 3.47. The lowest BCUT2D eigenvalue weighted by Gasteiger charge is -2.15. The summed E-state index contributed by atoms with van der Waals surface area (Å²) in [7, 11) is 0. The van der Waals surface area contributed by atoms with Crippen molar-refractivity contribution in [1.82, 2.24) is 19.7 Å². The standard InChI is InChI=1S/C21H24N4O3/c1-2-17(15-7-4-3-5-8-15)20(26)22-12-13-24-21(27)25(16-10-11-16)19(23-24)18-9-6-14-28-18/h3-9,14,16-17H,2,10-13H2,1H3,(H,22,26). The molecule has 28 heavy (non-hydrogen) atoms. The van der Waals surface area contributed by atoms with E-state index in [1.807, 2.05) is 37.3 Å². The minimum absolute atomic E-state index is 0.0327. The molecule has 3 aromatic rings. The quantitative estimate of drug-likeness (QED) is 0.651. The Morgan fingerprint density at radius 3 is 2.68 bits per heavy atom. The van der Waals surface area contributed by atoms with Gasteiger partial charge in [-0.2, -0.15) is 0 Å². The van der Waals surface area contributed by atoms with Crippen molar-refractivity contribution in [2.45, 2.75) is 44.7 Å². The first-order valence-electron chi connectivity index (χ1n) is 9.75. The molecule has 0 saturated heterocycles. The van der Waals surface area contributed by atoms with Gasteiger partial charge in [0.05, 0.1) is 18.7 Å². The summed E-state index contributed by atoms with van der Waals surface area (Å²) >= 11 is 0. The van der Waals surface area contributed by atoms with E-state index in [-0.39, 0.29) is 23.6 Å². The number of furan rings is 1. The maximum absolute atomic E-state index is 12.8. The predicted molar refractivity (Wildman–Crippen MR) is 105 cm³/mol. The molecule has 0 bridgehead atoms. The smallest absolute Gasteiger partial charge is 0.346 e. The van der Waals surface area contributed by atoms with Gasteiger partial charge in [-0.05, 0) is 37.0 Å². The number of hydrogen-bond acceptors (Lipinski definition) is 4. The zero-order valence-corrected chi connectivity index (χ0v) is 15.9. The Balaban J connectivity index is 1.45. The minimum atomic E-state index is -0.194. The minimum Gasteiger partial charge on any atom is -0.461 e. The topological polar surface area (TPSA) is 82.1 Å². The molecule has 1 fully saturated rings. The van der Waals surface area contributed by atoms with Crippen molar-refractivity contribution >= 4 is 5.91 Å². The molecule has 7 heteroatoms. The van der Waals surface area contributed by atoms with E-state index in [9.17, 15) is 9.59 Å². The second kappa shape index (κ2) is 7.88. The number of nitrogens with one attached hydrogen (secondary N) is 1. The number of rotatable bonds is 8. The fraction of sp³-hybridized carbons (Fsp3) is 0.381. The van der Waals surface area contributed by atoms with Gasteiger partial charge in [-0.3, -0.25) is 9.36 Å². The summed E-state index contributed by atoms with van der Waals surface area (Å²) in [5, 5.41) is 7.40. The third kappa shape index (κ3) is 3.65. The lowest BCUT2D eigenvalue weighted by atomic mass is 9.96. The Kier molecular flexibility index (Phi) is 5.14. The largest absolute Gasteiger partial charge is 0.461 e. The number of aromatic nitrogens is 3. The summed E-state index contributed by atoms with van der Waals surface area (Å²) in [5.74, 6) is 0.914. The van der Waals surface area contributed by atoms with Crippen LogP contribution in [0.15, 0.2) is 57.9 Å². The van der Waals surface area contributed by atoms with E-state index in [0.717, 1.165) is 24.8 Å². The van der Waals surface area contributed by atoms with Crippen LogP contribution in [0.25, 0.3) is 11.6 Å². The van der Waals surface area contributed by atoms with Gasteiger partial charge in [0, 0.05) is 12.6 Å². The molecule has 2 heterocycles. The molecule has 1 atom stereocenters. The molecular weight excluding hydrogens is 356 g/mol. The number of carbonyl (C=O) groups excluding carboxylic acids is 1. The number of amides is 1. The number of nitrogens with zero attached hydrogens (tertiary/aromatic N) is 3.